The van der Waals surface area contributed by atoms with Gasteiger partial charge in [-0.3, -0.25) is 20.4 Å². The van der Waals surface area contributed by atoms with Gasteiger partial charge in [-0.1, -0.05) is 12.1 Å². The standard InChI is InChI=1S/C24H25FN2O5/c1-3-30-17-8-10-18(11-9-17)31-16(2)24(29)27-26-23(28)15-13-19-12-14-22(32-19)20-6-4-5-7-21(20)25/h4-12,14,16H,3,13,15H2,1-2H3,(H,26,28)(H,27,29). The summed E-state index contributed by atoms with van der Waals surface area (Å²) < 4.78 is 30.4. The number of nitrogens with one attached hydrogen (secondary N) is 2. The Morgan fingerprint density at radius 2 is 1.72 bits per heavy atom. The summed E-state index contributed by atoms with van der Waals surface area (Å²) in [5.74, 6) is 0.884. The number of hydrogen-bond donors (Lipinski definition) is 2. The fourth-order valence-corrected chi connectivity index (χ4v) is 2.89. The first-order valence-electron chi connectivity index (χ1n) is 10.3. The van der Waals surface area contributed by atoms with Crippen molar-refractivity contribution in [2.24, 2.45) is 0 Å². The van der Waals surface area contributed by atoms with Gasteiger partial charge in [0, 0.05) is 12.8 Å². The summed E-state index contributed by atoms with van der Waals surface area (Å²) in [6.07, 6.45) is -0.436. The van der Waals surface area contributed by atoms with E-state index in [2.05, 4.69) is 10.9 Å². The number of rotatable bonds is 9. The smallest absolute Gasteiger partial charge is 0.279 e. The highest BCUT2D eigenvalue weighted by molar-refractivity contribution is 5.84. The second-order valence-corrected chi connectivity index (χ2v) is 6.95. The first-order chi connectivity index (χ1) is 15.5. The van der Waals surface area contributed by atoms with E-state index in [9.17, 15) is 14.0 Å². The number of benzene rings is 2. The summed E-state index contributed by atoms with van der Waals surface area (Å²) >= 11 is 0. The largest absolute Gasteiger partial charge is 0.494 e. The van der Waals surface area contributed by atoms with Crippen molar-refractivity contribution in [3.8, 4) is 22.8 Å². The highest BCUT2D eigenvalue weighted by Crippen LogP contribution is 2.25. The first kappa shape index (κ1) is 22.9. The minimum absolute atomic E-state index is 0.0820. The molecule has 0 spiro atoms. The van der Waals surface area contributed by atoms with Gasteiger partial charge in [0.25, 0.3) is 5.91 Å². The van der Waals surface area contributed by atoms with E-state index in [1.54, 1.807) is 61.5 Å². The number of aryl methyl sites for hydroxylation is 1. The van der Waals surface area contributed by atoms with Crippen LogP contribution >= 0.6 is 0 Å². The Morgan fingerprint density at radius 1 is 1.00 bits per heavy atom. The molecule has 0 saturated heterocycles. The molecule has 0 aliphatic heterocycles. The molecule has 0 radical (unpaired) electrons. The summed E-state index contributed by atoms with van der Waals surface area (Å²) in [5, 5.41) is 0. The van der Waals surface area contributed by atoms with Gasteiger partial charge in [0.05, 0.1) is 12.2 Å². The van der Waals surface area contributed by atoms with Gasteiger partial charge in [-0.05, 0) is 62.4 Å². The summed E-state index contributed by atoms with van der Waals surface area (Å²) in [6.45, 7) is 4.03. The fourth-order valence-electron chi connectivity index (χ4n) is 2.89. The average Bonchev–Trinajstić information content (AvgIpc) is 3.26. The van der Waals surface area contributed by atoms with Gasteiger partial charge in [-0.25, -0.2) is 4.39 Å². The van der Waals surface area contributed by atoms with Gasteiger partial charge < -0.3 is 13.9 Å². The minimum atomic E-state index is -0.818. The molecule has 8 heteroatoms. The van der Waals surface area contributed by atoms with Crippen molar-refractivity contribution >= 4 is 11.8 Å². The molecule has 1 atom stereocenters. The van der Waals surface area contributed by atoms with Crippen LogP contribution < -0.4 is 20.3 Å². The van der Waals surface area contributed by atoms with Crippen LogP contribution in [0.25, 0.3) is 11.3 Å². The van der Waals surface area contributed by atoms with Crippen molar-refractivity contribution in [2.75, 3.05) is 6.61 Å². The summed E-state index contributed by atoms with van der Waals surface area (Å²) in [5.41, 5.74) is 5.05. The van der Waals surface area contributed by atoms with Crippen LogP contribution in [0.5, 0.6) is 11.5 Å². The van der Waals surface area contributed by atoms with Crippen molar-refractivity contribution < 1.29 is 27.9 Å². The second-order valence-electron chi connectivity index (χ2n) is 6.95. The number of halogens is 1. The number of furan rings is 1. The Kier molecular flexibility index (Phi) is 7.85. The van der Waals surface area contributed by atoms with Gasteiger partial charge in [0.1, 0.15) is 28.8 Å². The maximum Gasteiger partial charge on any atom is 0.279 e. The van der Waals surface area contributed by atoms with E-state index < -0.39 is 17.9 Å². The first-order valence-corrected chi connectivity index (χ1v) is 10.3. The van der Waals surface area contributed by atoms with Crippen LogP contribution in [0.4, 0.5) is 4.39 Å². The Balaban J connectivity index is 1.41. The van der Waals surface area contributed by atoms with E-state index >= 15 is 0 Å². The molecule has 168 valence electrons. The van der Waals surface area contributed by atoms with Gasteiger partial charge in [0.15, 0.2) is 6.10 Å². The van der Waals surface area contributed by atoms with Crippen LogP contribution in [0.2, 0.25) is 0 Å². The monoisotopic (exact) mass is 440 g/mol. The van der Waals surface area contributed by atoms with Crippen molar-refractivity contribution in [3.63, 3.8) is 0 Å². The third-order valence-electron chi connectivity index (χ3n) is 4.54. The van der Waals surface area contributed by atoms with E-state index in [0.717, 1.165) is 0 Å². The van der Waals surface area contributed by atoms with E-state index in [1.165, 1.54) is 6.07 Å². The number of carbonyl (C=O) groups is 2. The Morgan fingerprint density at radius 3 is 2.44 bits per heavy atom. The molecule has 2 N–H and O–H groups in total. The second kappa shape index (κ2) is 11.0. The van der Waals surface area contributed by atoms with E-state index in [4.69, 9.17) is 13.9 Å². The highest BCUT2D eigenvalue weighted by Gasteiger charge is 2.16. The number of hydrogen-bond acceptors (Lipinski definition) is 5. The zero-order valence-corrected chi connectivity index (χ0v) is 17.9. The van der Waals surface area contributed by atoms with E-state index in [0.29, 0.717) is 41.6 Å². The average molecular weight is 440 g/mol. The van der Waals surface area contributed by atoms with Crippen LogP contribution in [-0.4, -0.2) is 24.5 Å². The summed E-state index contributed by atoms with van der Waals surface area (Å²) in [6, 6.07) is 16.6. The topological polar surface area (TPSA) is 89.8 Å². The molecular formula is C24H25FN2O5. The van der Waals surface area contributed by atoms with Crippen LogP contribution in [0, 0.1) is 5.82 Å². The molecule has 2 amide bonds. The zero-order chi connectivity index (χ0) is 22.9. The number of ether oxygens (including phenoxy) is 2. The van der Waals surface area contributed by atoms with Gasteiger partial charge in [-0.15, -0.1) is 0 Å². The Labute approximate surface area is 185 Å². The maximum atomic E-state index is 13.8. The molecule has 3 aromatic rings. The lowest BCUT2D eigenvalue weighted by molar-refractivity contribution is -0.132. The zero-order valence-electron chi connectivity index (χ0n) is 17.9. The summed E-state index contributed by atoms with van der Waals surface area (Å²) in [7, 11) is 0. The predicted octanol–water partition coefficient (Wildman–Crippen LogP) is 4.03. The van der Waals surface area contributed by atoms with Gasteiger partial charge in [0.2, 0.25) is 5.91 Å². The van der Waals surface area contributed by atoms with Crippen molar-refractivity contribution in [2.45, 2.75) is 32.8 Å². The minimum Gasteiger partial charge on any atom is -0.494 e. The molecule has 32 heavy (non-hydrogen) atoms. The molecule has 0 fully saturated rings. The molecule has 1 heterocycles. The third kappa shape index (κ3) is 6.34. The molecular weight excluding hydrogens is 415 g/mol. The molecule has 0 aliphatic rings. The molecule has 2 aromatic carbocycles. The number of hydrazine groups is 1. The maximum absolute atomic E-state index is 13.8. The molecule has 0 saturated carbocycles. The molecule has 0 bridgehead atoms. The molecule has 1 aromatic heterocycles. The highest BCUT2D eigenvalue weighted by atomic mass is 19.1. The predicted molar refractivity (Wildman–Crippen MR) is 116 cm³/mol. The van der Waals surface area contributed by atoms with E-state index in [1.807, 2.05) is 6.92 Å². The van der Waals surface area contributed by atoms with Gasteiger partial charge >= 0.3 is 0 Å². The number of carbonyl (C=O) groups excluding carboxylic acids is 2. The Hall–Kier alpha value is -3.81. The molecule has 3 rings (SSSR count). The van der Waals surface area contributed by atoms with Crippen molar-refractivity contribution in [3.05, 3.63) is 72.2 Å². The molecule has 1 unspecified atom stereocenters. The lowest BCUT2D eigenvalue weighted by atomic mass is 10.1. The van der Waals surface area contributed by atoms with Gasteiger partial charge in [-0.2, -0.15) is 0 Å². The lowest BCUT2D eigenvalue weighted by Crippen LogP contribution is -2.47. The lowest BCUT2D eigenvalue weighted by Gasteiger charge is -2.15. The van der Waals surface area contributed by atoms with Crippen molar-refractivity contribution in [1.29, 1.82) is 0 Å². The van der Waals surface area contributed by atoms with Crippen molar-refractivity contribution in [1.82, 2.24) is 10.9 Å². The van der Waals surface area contributed by atoms with E-state index in [-0.39, 0.29) is 12.2 Å². The van der Waals surface area contributed by atoms with Crippen LogP contribution in [0.1, 0.15) is 26.0 Å². The quantitative estimate of drug-likeness (QED) is 0.491. The molecule has 0 aliphatic carbocycles. The Bertz CT molecular complexity index is 1050. The number of amides is 2. The molecule has 7 nitrogen and oxygen atoms in total. The SMILES string of the molecule is CCOc1ccc(OC(C)C(=O)NNC(=O)CCc2ccc(-c3ccccc3F)o2)cc1. The third-order valence-corrected chi connectivity index (χ3v) is 4.54. The van der Waals surface area contributed by atoms with Crippen LogP contribution in [0.15, 0.2) is 65.1 Å². The summed E-state index contributed by atoms with van der Waals surface area (Å²) in [4.78, 5) is 24.2. The van der Waals surface area contributed by atoms with Crippen LogP contribution in [0.3, 0.4) is 0 Å². The normalized spacial score (nSPS) is 11.5. The fraction of sp³-hybridized carbons (Fsp3) is 0.250. The van der Waals surface area contributed by atoms with Crippen LogP contribution in [-0.2, 0) is 16.0 Å².